The molecule has 1 N–H and O–H groups in total. The highest BCUT2D eigenvalue weighted by atomic mass is 32.2. The van der Waals surface area contributed by atoms with Crippen LogP contribution in [-0.4, -0.2) is 60.8 Å². The quantitative estimate of drug-likeness (QED) is 0.788. The molecule has 0 spiro atoms. The number of nitrogens with zero attached hydrogens (tertiary/aromatic N) is 2. The third-order valence-electron chi connectivity index (χ3n) is 3.40. The molecule has 0 aromatic carbocycles. The Morgan fingerprint density at radius 3 is 2.89 bits per heavy atom. The molecule has 18 heavy (non-hydrogen) atoms. The number of thioether (sulfide) groups is 1. The van der Waals surface area contributed by atoms with Crippen molar-refractivity contribution in [3.63, 3.8) is 0 Å². The van der Waals surface area contributed by atoms with Crippen LogP contribution < -0.4 is 5.32 Å². The van der Waals surface area contributed by atoms with Crippen LogP contribution in [0.15, 0.2) is 4.99 Å². The Morgan fingerprint density at radius 2 is 2.17 bits per heavy atom. The number of amidine groups is 1. The number of aliphatic imine (C=N–C) groups is 1. The molecule has 0 amide bonds. The molecule has 104 valence electrons. The summed E-state index contributed by atoms with van der Waals surface area (Å²) < 4.78 is 5.34. The molecule has 4 nitrogen and oxygen atoms in total. The van der Waals surface area contributed by atoms with Crippen molar-refractivity contribution in [2.24, 2.45) is 4.99 Å². The first kappa shape index (κ1) is 14.2. The number of rotatable bonds is 4. The van der Waals surface area contributed by atoms with Gasteiger partial charge in [0.2, 0.25) is 0 Å². The summed E-state index contributed by atoms with van der Waals surface area (Å²) in [4.78, 5) is 7.14. The molecule has 0 saturated carbocycles. The van der Waals surface area contributed by atoms with Crippen LogP contribution in [0.3, 0.4) is 0 Å². The molecule has 0 atom stereocenters. The summed E-state index contributed by atoms with van der Waals surface area (Å²) in [5.74, 6) is 1.18. The van der Waals surface area contributed by atoms with Crippen molar-refractivity contribution < 1.29 is 4.74 Å². The van der Waals surface area contributed by atoms with E-state index in [1.807, 2.05) is 11.8 Å². The topological polar surface area (TPSA) is 36.9 Å². The van der Waals surface area contributed by atoms with Gasteiger partial charge in [-0.1, -0.05) is 11.8 Å². The molecule has 2 heterocycles. The molecule has 0 aromatic rings. The minimum atomic E-state index is 0.217. The lowest BCUT2D eigenvalue weighted by molar-refractivity contribution is 0.0377. The van der Waals surface area contributed by atoms with Gasteiger partial charge in [-0.3, -0.25) is 9.89 Å². The van der Waals surface area contributed by atoms with Crippen molar-refractivity contribution >= 4 is 16.9 Å². The van der Waals surface area contributed by atoms with Crippen LogP contribution in [0.4, 0.5) is 0 Å². The normalized spacial score (nSPS) is 27.1. The van der Waals surface area contributed by atoms with E-state index >= 15 is 0 Å². The fourth-order valence-electron chi connectivity index (χ4n) is 2.18. The zero-order valence-electron chi connectivity index (χ0n) is 11.6. The van der Waals surface area contributed by atoms with Crippen molar-refractivity contribution in [3.05, 3.63) is 0 Å². The number of hydrogen-bond donors (Lipinski definition) is 1. The van der Waals surface area contributed by atoms with Gasteiger partial charge >= 0.3 is 0 Å². The molecule has 2 aliphatic rings. The van der Waals surface area contributed by atoms with Crippen molar-refractivity contribution in [3.8, 4) is 0 Å². The zero-order valence-corrected chi connectivity index (χ0v) is 12.4. The first-order valence-electron chi connectivity index (χ1n) is 6.91. The smallest absolute Gasteiger partial charge is 0.156 e. The average molecular weight is 271 g/mol. The predicted octanol–water partition coefficient (Wildman–Crippen LogP) is 1.57. The van der Waals surface area contributed by atoms with E-state index in [2.05, 4.69) is 29.1 Å². The van der Waals surface area contributed by atoms with Gasteiger partial charge in [-0.05, 0) is 26.7 Å². The van der Waals surface area contributed by atoms with Gasteiger partial charge in [-0.25, -0.2) is 0 Å². The van der Waals surface area contributed by atoms with Gasteiger partial charge in [-0.15, -0.1) is 0 Å². The molecule has 0 unspecified atom stereocenters. The number of hydrogen-bond acceptors (Lipinski definition) is 4. The zero-order chi connectivity index (χ0) is 12.8. The van der Waals surface area contributed by atoms with Crippen molar-refractivity contribution in [1.29, 1.82) is 0 Å². The molecular formula is C13H25N3OS. The van der Waals surface area contributed by atoms with Crippen LogP contribution in [0.2, 0.25) is 0 Å². The first-order chi connectivity index (χ1) is 8.66. The lowest BCUT2D eigenvalue weighted by atomic mass is 10.0. The summed E-state index contributed by atoms with van der Waals surface area (Å²) in [5, 5.41) is 4.64. The van der Waals surface area contributed by atoms with E-state index in [0.717, 1.165) is 51.0 Å². The average Bonchev–Trinajstić information content (AvgIpc) is 2.35. The van der Waals surface area contributed by atoms with Crippen molar-refractivity contribution in [2.75, 3.05) is 45.1 Å². The second-order valence-electron chi connectivity index (χ2n) is 5.60. The molecule has 5 heteroatoms. The lowest BCUT2D eigenvalue weighted by Gasteiger charge is -2.32. The molecular weight excluding hydrogens is 246 g/mol. The van der Waals surface area contributed by atoms with Gasteiger partial charge in [0, 0.05) is 37.5 Å². The summed E-state index contributed by atoms with van der Waals surface area (Å²) in [6, 6.07) is 0. The maximum absolute atomic E-state index is 5.34. The van der Waals surface area contributed by atoms with Gasteiger partial charge in [0.15, 0.2) is 5.17 Å². The highest BCUT2D eigenvalue weighted by Gasteiger charge is 2.23. The molecule has 2 saturated heterocycles. The SMILES string of the molecule is CC1(C)CCSC(=NCCCN2CCOCC2)N1. The number of morpholine rings is 1. The minimum Gasteiger partial charge on any atom is -0.379 e. The predicted molar refractivity (Wildman–Crippen MR) is 78.5 cm³/mol. The maximum Gasteiger partial charge on any atom is 0.156 e. The van der Waals surface area contributed by atoms with E-state index in [0.29, 0.717) is 0 Å². The molecule has 2 fully saturated rings. The molecule has 2 rings (SSSR count). The van der Waals surface area contributed by atoms with Crippen molar-refractivity contribution in [1.82, 2.24) is 10.2 Å². The summed E-state index contributed by atoms with van der Waals surface area (Å²) in [6.45, 7) is 10.5. The van der Waals surface area contributed by atoms with E-state index in [-0.39, 0.29) is 5.54 Å². The molecule has 0 radical (unpaired) electrons. The third kappa shape index (κ3) is 4.78. The second kappa shape index (κ2) is 6.78. The summed E-state index contributed by atoms with van der Waals surface area (Å²) in [7, 11) is 0. The largest absolute Gasteiger partial charge is 0.379 e. The Bertz CT molecular complexity index is 288. The summed E-state index contributed by atoms with van der Waals surface area (Å²) in [6.07, 6.45) is 2.36. The van der Waals surface area contributed by atoms with Gasteiger partial charge < -0.3 is 10.1 Å². The lowest BCUT2D eigenvalue weighted by Crippen LogP contribution is -2.46. The first-order valence-corrected chi connectivity index (χ1v) is 7.90. The maximum atomic E-state index is 5.34. The van der Waals surface area contributed by atoms with Crippen molar-refractivity contribution in [2.45, 2.75) is 32.2 Å². The molecule has 0 aromatic heterocycles. The van der Waals surface area contributed by atoms with E-state index in [4.69, 9.17) is 4.74 Å². The highest BCUT2D eigenvalue weighted by Crippen LogP contribution is 2.21. The second-order valence-corrected chi connectivity index (χ2v) is 6.69. The van der Waals surface area contributed by atoms with Gasteiger partial charge in [0.1, 0.15) is 0 Å². The van der Waals surface area contributed by atoms with Gasteiger partial charge in [0.05, 0.1) is 13.2 Å². The Balaban J connectivity index is 1.64. The Labute approximate surface area is 115 Å². The summed E-state index contributed by atoms with van der Waals surface area (Å²) >= 11 is 1.86. The molecule has 0 aliphatic carbocycles. The van der Waals surface area contributed by atoms with Crippen LogP contribution in [0.5, 0.6) is 0 Å². The van der Waals surface area contributed by atoms with Gasteiger partial charge in [-0.2, -0.15) is 0 Å². The number of ether oxygens (including phenoxy) is 1. The number of nitrogens with one attached hydrogen (secondary N) is 1. The Hall–Kier alpha value is -0.260. The third-order valence-corrected chi connectivity index (χ3v) is 4.32. The van der Waals surface area contributed by atoms with Crippen LogP contribution in [0.1, 0.15) is 26.7 Å². The monoisotopic (exact) mass is 271 g/mol. The Morgan fingerprint density at radius 1 is 1.39 bits per heavy atom. The van der Waals surface area contributed by atoms with Crippen LogP contribution in [0.25, 0.3) is 0 Å². The van der Waals surface area contributed by atoms with Crippen LogP contribution in [-0.2, 0) is 4.74 Å². The molecule has 0 bridgehead atoms. The fraction of sp³-hybridized carbons (Fsp3) is 0.923. The highest BCUT2D eigenvalue weighted by molar-refractivity contribution is 8.13. The van der Waals surface area contributed by atoms with E-state index in [9.17, 15) is 0 Å². The van der Waals surface area contributed by atoms with Crippen LogP contribution in [0, 0.1) is 0 Å². The van der Waals surface area contributed by atoms with Gasteiger partial charge in [0.25, 0.3) is 0 Å². The Kier molecular flexibility index (Phi) is 5.33. The van der Waals surface area contributed by atoms with Crippen LogP contribution >= 0.6 is 11.8 Å². The van der Waals surface area contributed by atoms with E-state index < -0.39 is 0 Å². The standard InChI is InChI=1S/C13H25N3OS/c1-13(2)4-11-18-12(15-13)14-5-3-6-16-7-9-17-10-8-16/h3-11H2,1-2H3,(H,14,15). The van der Waals surface area contributed by atoms with E-state index in [1.54, 1.807) is 0 Å². The summed E-state index contributed by atoms with van der Waals surface area (Å²) in [5.41, 5.74) is 0.217. The molecule has 2 aliphatic heterocycles. The van der Waals surface area contributed by atoms with E-state index in [1.165, 1.54) is 12.2 Å². The fourth-order valence-corrected chi connectivity index (χ4v) is 3.51. The minimum absolute atomic E-state index is 0.217.